The summed E-state index contributed by atoms with van der Waals surface area (Å²) in [5.41, 5.74) is 1.01. The highest BCUT2D eigenvalue weighted by molar-refractivity contribution is 6.32. The SMILES string of the molecule is CCOc1cc(/C=C2/N=C(c3ccc(F)cc3)OC2=O)cc(Cl)c1OCC(=O)OC. The van der Waals surface area contributed by atoms with Crippen LogP contribution in [0.2, 0.25) is 5.02 Å². The summed E-state index contributed by atoms with van der Waals surface area (Å²) in [5.74, 6) is -1.11. The minimum atomic E-state index is -0.658. The Morgan fingerprint density at radius 1 is 1.23 bits per heavy atom. The number of rotatable bonds is 7. The van der Waals surface area contributed by atoms with Crippen LogP contribution < -0.4 is 9.47 Å². The van der Waals surface area contributed by atoms with Crippen molar-refractivity contribution in [3.8, 4) is 11.5 Å². The van der Waals surface area contributed by atoms with Gasteiger partial charge >= 0.3 is 11.9 Å². The third-order valence-electron chi connectivity index (χ3n) is 3.91. The summed E-state index contributed by atoms with van der Waals surface area (Å²) < 4.78 is 33.7. The first kappa shape index (κ1) is 21.3. The number of hydrogen-bond donors (Lipinski definition) is 0. The van der Waals surface area contributed by atoms with Gasteiger partial charge in [-0.15, -0.1) is 0 Å². The van der Waals surface area contributed by atoms with Crippen molar-refractivity contribution < 1.29 is 32.9 Å². The van der Waals surface area contributed by atoms with Crippen molar-refractivity contribution in [3.05, 3.63) is 64.1 Å². The quantitative estimate of drug-likeness (QED) is 0.488. The first-order chi connectivity index (χ1) is 14.4. The molecule has 3 rings (SSSR count). The molecule has 0 unspecified atom stereocenters. The molecule has 156 valence electrons. The van der Waals surface area contributed by atoms with Crippen LogP contribution in [0.25, 0.3) is 6.08 Å². The number of methoxy groups -OCH3 is 1. The minimum absolute atomic E-state index is 0.0380. The number of hydrogen-bond acceptors (Lipinski definition) is 7. The van der Waals surface area contributed by atoms with E-state index < -0.39 is 17.8 Å². The van der Waals surface area contributed by atoms with Gasteiger partial charge in [-0.1, -0.05) is 11.6 Å². The number of esters is 2. The molecule has 0 atom stereocenters. The molecule has 2 aromatic carbocycles. The van der Waals surface area contributed by atoms with Gasteiger partial charge < -0.3 is 18.9 Å². The number of nitrogens with zero attached hydrogens (tertiary/aromatic N) is 1. The first-order valence-electron chi connectivity index (χ1n) is 8.85. The second kappa shape index (κ2) is 9.41. The molecular weight excluding hydrogens is 417 g/mol. The highest BCUT2D eigenvalue weighted by Crippen LogP contribution is 2.37. The molecule has 0 aliphatic carbocycles. The highest BCUT2D eigenvalue weighted by atomic mass is 35.5. The lowest BCUT2D eigenvalue weighted by molar-refractivity contribution is -0.143. The van der Waals surface area contributed by atoms with Crippen LogP contribution in [0, 0.1) is 5.82 Å². The minimum Gasteiger partial charge on any atom is -0.490 e. The summed E-state index contributed by atoms with van der Waals surface area (Å²) >= 11 is 6.28. The van der Waals surface area contributed by atoms with Gasteiger partial charge in [-0.05, 0) is 55.0 Å². The van der Waals surface area contributed by atoms with Gasteiger partial charge in [0.25, 0.3) is 0 Å². The lowest BCUT2D eigenvalue weighted by atomic mass is 10.1. The zero-order valence-corrected chi connectivity index (χ0v) is 16.9. The predicted molar refractivity (Wildman–Crippen MR) is 107 cm³/mol. The fraction of sp³-hybridized carbons (Fsp3) is 0.190. The van der Waals surface area contributed by atoms with Crippen LogP contribution in [0.3, 0.4) is 0 Å². The summed E-state index contributed by atoms with van der Waals surface area (Å²) in [6, 6.07) is 8.53. The molecule has 0 spiro atoms. The maximum absolute atomic E-state index is 13.1. The van der Waals surface area contributed by atoms with E-state index in [4.69, 9.17) is 25.8 Å². The Balaban J connectivity index is 1.91. The van der Waals surface area contributed by atoms with Crippen molar-refractivity contribution in [2.75, 3.05) is 20.3 Å². The number of cyclic esters (lactones) is 1. The van der Waals surface area contributed by atoms with Crippen LogP contribution in [-0.2, 0) is 19.1 Å². The normalized spacial score (nSPS) is 14.3. The fourth-order valence-electron chi connectivity index (χ4n) is 2.55. The Morgan fingerprint density at radius 3 is 2.63 bits per heavy atom. The van der Waals surface area contributed by atoms with Crippen molar-refractivity contribution in [2.45, 2.75) is 6.92 Å². The van der Waals surface area contributed by atoms with Gasteiger partial charge in [0.15, 0.2) is 23.8 Å². The van der Waals surface area contributed by atoms with E-state index >= 15 is 0 Å². The van der Waals surface area contributed by atoms with E-state index in [0.717, 1.165) is 0 Å². The molecular formula is C21H17ClFNO6. The Hall–Kier alpha value is -3.39. The molecule has 0 fully saturated rings. The molecule has 0 amide bonds. The van der Waals surface area contributed by atoms with E-state index in [1.54, 1.807) is 13.0 Å². The smallest absolute Gasteiger partial charge is 0.363 e. The average Bonchev–Trinajstić information content (AvgIpc) is 3.08. The summed E-state index contributed by atoms with van der Waals surface area (Å²) in [6.45, 7) is 1.75. The summed E-state index contributed by atoms with van der Waals surface area (Å²) in [5, 5.41) is 0.172. The number of aliphatic imine (C=N–C) groups is 1. The van der Waals surface area contributed by atoms with Crippen molar-refractivity contribution in [1.82, 2.24) is 0 Å². The summed E-state index contributed by atoms with van der Waals surface area (Å²) in [6.07, 6.45) is 1.47. The van der Waals surface area contributed by atoms with Gasteiger partial charge in [0.05, 0.1) is 18.7 Å². The zero-order chi connectivity index (χ0) is 21.7. The van der Waals surface area contributed by atoms with E-state index in [1.807, 2.05) is 0 Å². The molecule has 2 aromatic rings. The summed E-state index contributed by atoms with van der Waals surface area (Å²) in [7, 11) is 1.24. The molecule has 0 saturated carbocycles. The number of carbonyl (C=O) groups excluding carboxylic acids is 2. The molecule has 9 heteroatoms. The van der Waals surface area contributed by atoms with Crippen LogP contribution in [0.15, 0.2) is 47.1 Å². The van der Waals surface area contributed by atoms with Crippen molar-refractivity contribution in [1.29, 1.82) is 0 Å². The number of ether oxygens (including phenoxy) is 4. The second-order valence-corrected chi connectivity index (χ2v) is 6.38. The molecule has 7 nitrogen and oxygen atoms in total. The van der Waals surface area contributed by atoms with Crippen LogP contribution >= 0.6 is 11.6 Å². The lowest BCUT2D eigenvalue weighted by Gasteiger charge is -2.13. The van der Waals surface area contributed by atoms with Crippen molar-refractivity contribution in [3.63, 3.8) is 0 Å². The topological polar surface area (TPSA) is 83.4 Å². The molecule has 0 bridgehead atoms. The molecule has 1 aliphatic rings. The van der Waals surface area contributed by atoms with E-state index in [2.05, 4.69) is 9.73 Å². The Kier molecular flexibility index (Phi) is 6.68. The Labute approximate surface area is 176 Å². The third-order valence-corrected chi connectivity index (χ3v) is 4.19. The lowest BCUT2D eigenvalue weighted by Crippen LogP contribution is -2.13. The monoisotopic (exact) mass is 433 g/mol. The largest absolute Gasteiger partial charge is 0.490 e. The van der Waals surface area contributed by atoms with Crippen molar-refractivity contribution >= 4 is 35.5 Å². The maximum Gasteiger partial charge on any atom is 0.363 e. The zero-order valence-electron chi connectivity index (χ0n) is 16.1. The molecule has 0 radical (unpaired) electrons. The van der Waals surface area contributed by atoms with Gasteiger partial charge in [0, 0.05) is 5.56 Å². The fourth-order valence-corrected chi connectivity index (χ4v) is 2.82. The molecule has 30 heavy (non-hydrogen) atoms. The van der Waals surface area contributed by atoms with Crippen LogP contribution in [-0.4, -0.2) is 38.2 Å². The molecule has 1 heterocycles. The number of benzene rings is 2. The number of halogens is 2. The van der Waals surface area contributed by atoms with Crippen LogP contribution in [0.5, 0.6) is 11.5 Å². The van der Waals surface area contributed by atoms with Crippen LogP contribution in [0.4, 0.5) is 4.39 Å². The van der Waals surface area contributed by atoms with E-state index in [9.17, 15) is 14.0 Å². The van der Waals surface area contributed by atoms with E-state index in [0.29, 0.717) is 17.7 Å². The van der Waals surface area contributed by atoms with Crippen molar-refractivity contribution in [2.24, 2.45) is 4.99 Å². The number of carbonyl (C=O) groups is 2. The summed E-state index contributed by atoms with van der Waals surface area (Å²) in [4.78, 5) is 27.7. The van der Waals surface area contributed by atoms with Crippen LogP contribution in [0.1, 0.15) is 18.1 Å². The van der Waals surface area contributed by atoms with Gasteiger partial charge in [-0.2, -0.15) is 0 Å². The van der Waals surface area contributed by atoms with Gasteiger partial charge in [-0.25, -0.2) is 19.0 Å². The molecule has 1 aliphatic heterocycles. The maximum atomic E-state index is 13.1. The molecule has 0 aromatic heterocycles. The second-order valence-electron chi connectivity index (χ2n) is 5.97. The Bertz CT molecular complexity index is 1030. The predicted octanol–water partition coefficient (Wildman–Crippen LogP) is 3.77. The van der Waals surface area contributed by atoms with Gasteiger partial charge in [-0.3, -0.25) is 0 Å². The first-order valence-corrected chi connectivity index (χ1v) is 9.23. The van der Waals surface area contributed by atoms with E-state index in [1.165, 1.54) is 43.5 Å². The molecule has 0 saturated heterocycles. The van der Waals surface area contributed by atoms with Gasteiger partial charge in [0.1, 0.15) is 5.82 Å². The average molecular weight is 434 g/mol. The van der Waals surface area contributed by atoms with Gasteiger partial charge in [0.2, 0.25) is 5.90 Å². The Morgan fingerprint density at radius 2 is 1.97 bits per heavy atom. The third kappa shape index (κ3) is 4.96. The van der Waals surface area contributed by atoms with E-state index in [-0.39, 0.29) is 34.7 Å². The molecule has 0 N–H and O–H groups in total. The highest BCUT2D eigenvalue weighted by Gasteiger charge is 2.24. The standard InChI is InChI=1S/C21H17ClFNO6/c1-3-28-17-10-12(8-15(22)19(17)29-11-18(25)27-2)9-16-21(26)30-20(24-16)13-4-6-14(23)7-5-13/h4-10H,3,11H2,1-2H3/b16-9+.